The highest BCUT2D eigenvalue weighted by Crippen LogP contribution is 2.42. The van der Waals surface area contributed by atoms with E-state index in [0.29, 0.717) is 18.0 Å². The van der Waals surface area contributed by atoms with Gasteiger partial charge in [0.2, 0.25) is 10.0 Å². The zero-order valence-electron chi connectivity index (χ0n) is 13.4. The molecule has 2 aliphatic rings. The molecule has 2 atom stereocenters. The molecule has 0 aromatic heterocycles. The number of hydrogen-bond donors (Lipinski definition) is 0. The standard InChI is InChI=1S/C18H23NO2S/c1-14-7-9-17(10-8-14)22(20,21)19-12-16-6-4-5-15(2)11-18(16,3)13-19/h4,6-11,16H,5,12-13H2,1-3H3/t16-,18-/m0/s1. The Bertz CT molecular complexity index is 731. The van der Waals surface area contributed by atoms with Crippen LogP contribution in [0.15, 0.2) is 53.0 Å². The van der Waals surface area contributed by atoms with Crippen LogP contribution >= 0.6 is 0 Å². The summed E-state index contributed by atoms with van der Waals surface area (Å²) in [5.41, 5.74) is 2.28. The number of sulfonamides is 1. The first-order chi connectivity index (χ1) is 10.3. The van der Waals surface area contributed by atoms with Crippen molar-refractivity contribution >= 4 is 10.0 Å². The molecule has 0 saturated carbocycles. The van der Waals surface area contributed by atoms with Crippen LogP contribution in [0.4, 0.5) is 0 Å². The molecule has 1 saturated heterocycles. The van der Waals surface area contributed by atoms with E-state index in [0.717, 1.165) is 12.0 Å². The van der Waals surface area contributed by atoms with Gasteiger partial charge in [-0.1, -0.05) is 48.4 Å². The average Bonchev–Trinajstić information content (AvgIpc) is 2.70. The number of fused-ring (bicyclic) bond motifs is 1. The van der Waals surface area contributed by atoms with Gasteiger partial charge >= 0.3 is 0 Å². The molecule has 1 aromatic carbocycles. The highest BCUT2D eigenvalue weighted by Gasteiger charge is 2.45. The largest absolute Gasteiger partial charge is 0.243 e. The summed E-state index contributed by atoms with van der Waals surface area (Å²) in [6.07, 6.45) is 7.60. The maximum atomic E-state index is 12.9. The summed E-state index contributed by atoms with van der Waals surface area (Å²) >= 11 is 0. The van der Waals surface area contributed by atoms with Crippen molar-refractivity contribution in [2.24, 2.45) is 11.3 Å². The van der Waals surface area contributed by atoms with E-state index in [9.17, 15) is 8.42 Å². The summed E-state index contributed by atoms with van der Waals surface area (Å²) in [7, 11) is -3.41. The third-order valence-electron chi connectivity index (χ3n) is 4.81. The fraction of sp³-hybridized carbons (Fsp3) is 0.444. The van der Waals surface area contributed by atoms with Crippen molar-refractivity contribution in [1.29, 1.82) is 0 Å². The van der Waals surface area contributed by atoms with Crippen LogP contribution in [-0.4, -0.2) is 25.8 Å². The topological polar surface area (TPSA) is 37.4 Å². The smallest absolute Gasteiger partial charge is 0.207 e. The van der Waals surface area contributed by atoms with Crippen LogP contribution < -0.4 is 0 Å². The Hall–Kier alpha value is -1.39. The molecule has 1 aliphatic heterocycles. The first kappa shape index (κ1) is 15.5. The lowest BCUT2D eigenvalue weighted by Gasteiger charge is -2.24. The summed E-state index contributed by atoms with van der Waals surface area (Å²) in [6, 6.07) is 7.12. The van der Waals surface area contributed by atoms with E-state index in [-0.39, 0.29) is 11.3 Å². The maximum absolute atomic E-state index is 12.9. The second kappa shape index (κ2) is 5.36. The molecule has 0 bridgehead atoms. The molecule has 1 aliphatic carbocycles. The summed E-state index contributed by atoms with van der Waals surface area (Å²) in [5.74, 6) is 0.255. The lowest BCUT2D eigenvalue weighted by molar-refractivity contribution is 0.384. The predicted octanol–water partition coefficient (Wildman–Crippen LogP) is 3.53. The summed E-state index contributed by atoms with van der Waals surface area (Å²) in [5, 5.41) is 0. The molecule has 3 rings (SSSR count). The van der Waals surface area contributed by atoms with E-state index < -0.39 is 10.0 Å². The molecule has 0 unspecified atom stereocenters. The van der Waals surface area contributed by atoms with Crippen molar-refractivity contribution in [2.45, 2.75) is 32.1 Å². The van der Waals surface area contributed by atoms with Crippen LogP contribution in [0.2, 0.25) is 0 Å². The van der Waals surface area contributed by atoms with Gasteiger partial charge in [-0.15, -0.1) is 0 Å². The molecule has 0 radical (unpaired) electrons. The van der Waals surface area contributed by atoms with Gasteiger partial charge in [-0.25, -0.2) is 8.42 Å². The van der Waals surface area contributed by atoms with E-state index in [1.165, 1.54) is 5.57 Å². The number of hydrogen-bond acceptors (Lipinski definition) is 2. The van der Waals surface area contributed by atoms with E-state index in [1.54, 1.807) is 16.4 Å². The Labute approximate surface area is 133 Å². The zero-order chi connectivity index (χ0) is 16.0. The minimum Gasteiger partial charge on any atom is -0.207 e. The molecule has 1 fully saturated rings. The van der Waals surface area contributed by atoms with Gasteiger partial charge in [-0.2, -0.15) is 4.31 Å². The van der Waals surface area contributed by atoms with Crippen molar-refractivity contribution in [3.8, 4) is 0 Å². The van der Waals surface area contributed by atoms with E-state index in [4.69, 9.17) is 0 Å². The van der Waals surface area contributed by atoms with Crippen molar-refractivity contribution in [3.63, 3.8) is 0 Å². The Morgan fingerprint density at radius 3 is 2.55 bits per heavy atom. The molecule has 118 valence electrons. The minimum absolute atomic E-state index is 0.102. The number of benzene rings is 1. The van der Waals surface area contributed by atoms with Crippen molar-refractivity contribution in [1.82, 2.24) is 4.31 Å². The number of allylic oxidation sites excluding steroid dienone is 2. The van der Waals surface area contributed by atoms with Gasteiger partial charge in [-0.3, -0.25) is 0 Å². The Balaban J connectivity index is 1.93. The molecule has 4 heteroatoms. The molecule has 0 amide bonds. The molecule has 1 aromatic rings. The molecule has 3 nitrogen and oxygen atoms in total. The van der Waals surface area contributed by atoms with Gasteiger partial charge in [0.15, 0.2) is 0 Å². The maximum Gasteiger partial charge on any atom is 0.243 e. The Kier molecular flexibility index (Phi) is 3.77. The van der Waals surface area contributed by atoms with E-state index >= 15 is 0 Å². The highest BCUT2D eigenvalue weighted by atomic mass is 32.2. The lowest BCUT2D eigenvalue weighted by atomic mass is 9.79. The molecule has 0 spiro atoms. The fourth-order valence-corrected chi connectivity index (χ4v) is 5.09. The zero-order valence-corrected chi connectivity index (χ0v) is 14.2. The van der Waals surface area contributed by atoms with Gasteiger partial charge in [0.05, 0.1) is 4.90 Å². The predicted molar refractivity (Wildman–Crippen MR) is 89.0 cm³/mol. The van der Waals surface area contributed by atoms with Crippen LogP contribution in [-0.2, 0) is 10.0 Å². The highest BCUT2D eigenvalue weighted by molar-refractivity contribution is 7.89. The first-order valence-electron chi connectivity index (χ1n) is 7.73. The van der Waals surface area contributed by atoms with Gasteiger partial charge < -0.3 is 0 Å². The van der Waals surface area contributed by atoms with Crippen molar-refractivity contribution in [2.75, 3.05) is 13.1 Å². The van der Waals surface area contributed by atoms with Crippen molar-refractivity contribution < 1.29 is 8.42 Å². The lowest BCUT2D eigenvalue weighted by Crippen LogP contribution is -2.30. The van der Waals surface area contributed by atoms with Crippen LogP contribution in [0.5, 0.6) is 0 Å². The van der Waals surface area contributed by atoms with Gasteiger partial charge in [0.25, 0.3) is 0 Å². The molecular weight excluding hydrogens is 294 g/mol. The summed E-state index contributed by atoms with van der Waals surface area (Å²) < 4.78 is 27.4. The van der Waals surface area contributed by atoms with Crippen LogP contribution in [0.25, 0.3) is 0 Å². The number of nitrogens with zero attached hydrogens (tertiary/aromatic N) is 1. The van der Waals surface area contributed by atoms with Crippen molar-refractivity contribution in [3.05, 3.63) is 53.6 Å². The van der Waals surface area contributed by atoms with E-state index in [1.807, 2.05) is 19.1 Å². The quantitative estimate of drug-likeness (QED) is 0.783. The molecular formula is C18H23NO2S. The number of rotatable bonds is 2. The summed E-state index contributed by atoms with van der Waals surface area (Å²) in [4.78, 5) is 0.392. The monoisotopic (exact) mass is 317 g/mol. The normalized spacial score (nSPS) is 29.0. The fourth-order valence-electron chi connectivity index (χ4n) is 3.51. The van der Waals surface area contributed by atoms with Crippen LogP contribution in [0, 0.1) is 18.3 Å². The molecule has 0 N–H and O–H groups in total. The average molecular weight is 317 g/mol. The second-order valence-electron chi connectivity index (χ2n) is 6.85. The third kappa shape index (κ3) is 2.66. The third-order valence-corrected chi connectivity index (χ3v) is 6.63. The van der Waals surface area contributed by atoms with E-state index in [2.05, 4.69) is 32.1 Å². The molecule has 22 heavy (non-hydrogen) atoms. The van der Waals surface area contributed by atoms with Gasteiger partial charge in [-0.05, 0) is 32.4 Å². The SMILES string of the molecule is CC1=C[C@@]2(C)CN(S(=O)(=O)c3ccc(C)cc3)C[C@@H]2C=CC1. The Morgan fingerprint density at radius 2 is 1.86 bits per heavy atom. The van der Waals surface area contributed by atoms with Gasteiger partial charge in [0, 0.05) is 24.4 Å². The second-order valence-corrected chi connectivity index (χ2v) is 8.78. The van der Waals surface area contributed by atoms with Gasteiger partial charge in [0.1, 0.15) is 0 Å². The Morgan fingerprint density at radius 1 is 1.18 bits per heavy atom. The first-order valence-corrected chi connectivity index (χ1v) is 9.17. The minimum atomic E-state index is -3.41. The molecule has 1 heterocycles. The van der Waals surface area contributed by atoms with Crippen LogP contribution in [0.1, 0.15) is 25.8 Å². The number of aryl methyl sites for hydroxylation is 1. The summed E-state index contributed by atoms with van der Waals surface area (Å²) in [6.45, 7) is 7.36. The van der Waals surface area contributed by atoms with Crippen LogP contribution in [0.3, 0.4) is 0 Å².